The molecule has 0 aromatic heterocycles. The molecule has 23 heteroatoms. The second-order valence-corrected chi connectivity index (χ2v) is 12.6. The Morgan fingerprint density at radius 2 is 1.14 bits per heavy atom. The summed E-state index contributed by atoms with van der Waals surface area (Å²) in [5.41, 5.74) is -0.180. The molecule has 11 atom stereocenters. The number of allylic oxidation sites excluding steroid dienone is 2. The minimum atomic E-state index is -2.04. The van der Waals surface area contributed by atoms with Gasteiger partial charge in [0.1, 0.15) is 86.4 Å². The lowest BCUT2D eigenvalue weighted by Gasteiger charge is -2.41. The Balaban J connectivity index is 1.47. The second-order valence-electron chi connectivity index (χ2n) is 12.6. The molecule has 1 aliphatic carbocycles. The zero-order valence-electron chi connectivity index (χ0n) is 28.5. The van der Waals surface area contributed by atoms with Gasteiger partial charge in [-0.3, -0.25) is 19.2 Å². The van der Waals surface area contributed by atoms with Crippen molar-refractivity contribution in [3.63, 3.8) is 0 Å². The number of aliphatic hydroxyl groups excluding tert-OH is 7. The molecular weight excluding hydrogens is 764 g/mol. The third kappa shape index (κ3) is 9.23. The Labute approximate surface area is 312 Å². The number of phenolic OH excluding ortho intramolecular Hbond substituents is 3. The van der Waals surface area contributed by atoms with E-state index in [1.807, 2.05) is 0 Å². The zero-order valence-corrected chi connectivity index (χ0v) is 28.5. The van der Waals surface area contributed by atoms with Crippen molar-refractivity contribution >= 4 is 29.6 Å². The molecule has 0 saturated carbocycles. The molecule has 56 heavy (non-hydrogen) atoms. The van der Waals surface area contributed by atoms with E-state index in [9.17, 15) is 70.2 Å². The molecule has 13 N–H and O–H groups in total. The van der Waals surface area contributed by atoms with Crippen molar-refractivity contribution in [2.45, 2.75) is 80.4 Å². The predicted octanol–water partition coefficient (Wildman–Crippen LogP) is -3.67. The molecule has 306 valence electrons. The summed E-state index contributed by atoms with van der Waals surface area (Å²) in [5.74, 6) is -9.54. The summed E-state index contributed by atoms with van der Waals surface area (Å²) in [7, 11) is 0. The molecule has 1 aromatic carbocycles. The smallest absolute Gasteiger partial charge is 0.317 e. The number of hydrogen-bond donors (Lipinski definition) is 12. The molecule has 0 bridgehead atoms. The zero-order chi connectivity index (χ0) is 41.2. The maximum atomic E-state index is 11.8. The summed E-state index contributed by atoms with van der Waals surface area (Å²) in [6.45, 7) is -1.60. The van der Waals surface area contributed by atoms with Gasteiger partial charge in [-0.1, -0.05) is 0 Å². The molecule has 2 saturated heterocycles. The van der Waals surface area contributed by atoms with Crippen LogP contribution in [0.2, 0.25) is 0 Å². The highest BCUT2D eigenvalue weighted by molar-refractivity contribution is 5.90. The van der Waals surface area contributed by atoms with Gasteiger partial charge >= 0.3 is 29.6 Å². The normalized spacial score (nSPS) is 31.4. The first kappa shape index (κ1) is 41.5. The number of carboxylic acid groups (broad SMARTS) is 2. The van der Waals surface area contributed by atoms with E-state index in [1.54, 1.807) is 0 Å². The van der Waals surface area contributed by atoms with E-state index < -0.39 is 146 Å². The lowest BCUT2D eigenvalue weighted by Crippen LogP contribution is -2.59. The predicted molar refractivity (Wildman–Crippen MR) is 173 cm³/mol. The third-order valence-corrected chi connectivity index (χ3v) is 8.57. The van der Waals surface area contributed by atoms with E-state index in [0.717, 1.165) is 24.3 Å². The third-order valence-electron chi connectivity index (χ3n) is 8.57. The fourth-order valence-electron chi connectivity index (χ4n) is 5.74. The summed E-state index contributed by atoms with van der Waals surface area (Å²) in [4.78, 5) is 45.3. The van der Waals surface area contributed by atoms with Crippen molar-refractivity contribution in [1.82, 2.24) is 0 Å². The maximum Gasteiger partial charge on any atom is 0.317 e. The first-order chi connectivity index (χ1) is 26.3. The number of aliphatic carboxylic acids is 2. The summed E-state index contributed by atoms with van der Waals surface area (Å²) in [6, 6.07) is 1.89. The van der Waals surface area contributed by atoms with Gasteiger partial charge in [-0.25, -0.2) is 0 Å². The van der Waals surface area contributed by atoms with Crippen LogP contribution < -0.4 is 0 Å². The van der Waals surface area contributed by atoms with Gasteiger partial charge in [0.05, 0.1) is 17.2 Å². The van der Waals surface area contributed by atoms with E-state index in [1.165, 1.54) is 6.08 Å². The van der Waals surface area contributed by atoms with Gasteiger partial charge in [0.25, 0.3) is 0 Å². The van der Waals surface area contributed by atoms with Crippen LogP contribution in [-0.4, -0.2) is 171 Å². The molecule has 0 radical (unpaired) electrons. The Hall–Kier alpha value is -5.66. The summed E-state index contributed by atoms with van der Waals surface area (Å²) < 4.78 is 36.9. The molecule has 1 aromatic rings. The summed E-state index contributed by atoms with van der Waals surface area (Å²) >= 11 is 0. The molecular formula is C33H37O23+. The molecule has 4 aliphatic rings. The fraction of sp³-hybridized carbons (Fsp3) is 0.455. The van der Waals surface area contributed by atoms with E-state index >= 15 is 0 Å². The highest BCUT2D eigenvalue weighted by atomic mass is 16.7. The highest BCUT2D eigenvalue weighted by Crippen LogP contribution is 2.42. The molecule has 3 heterocycles. The lowest BCUT2D eigenvalue weighted by atomic mass is 9.96. The Morgan fingerprint density at radius 1 is 0.661 bits per heavy atom. The first-order valence-electron chi connectivity index (χ1n) is 16.4. The molecule has 2 fully saturated rings. The number of carbonyl (C=O) groups excluding carboxylic acids is 2. The van der Waals surface area contributed by atoms with Crippen LogP contribution in [-0.2, 0) is 47.6 Å². The van der Waals surface area contributed by atoms with Gasteiger partial charge in [0, 0.05) is 24.3 Å². The average molecular weight is 802 g/mol. The number of fused-ring (bicyclic) bond motifs is 1. The number of phenols is 3. The second kappa shape index (κ2) is 17.0. The van der Waals surface area contributed by atoms with Gasteiger partial charge in [-0.15, -0.1) is 0 Å². The van der Waals surface area contributed by atoms with Crippen LogP contribution in [0.1, 0.15) is 18.4 Å². The van der Waals surface area contributed by atoms with Crippen LogP contribution in [0.3, 0.4) is 0 Å². The fourth-order valence-corrected chi connectivity index (χ4v) is 5.74. The number of benzene rings is 1. The summed E-state index contributed by atoms with van der Waals surface area (Å²) in [5, 5.41) is 122. The largest absolute Gasteiger partial charge is 0.571 e. The topological polar surface area (TPSA) is 379 Å². The summed E-state index contributed by atoms with van der Waals surface area (Å²) in [6.07, 6.45) is -18.7. The van der Waals surface area contributed by atoms with Gasteiger partial charge in [-0.2, -0.15) is 0 Å². The number of carbonyl (C=O) groups is 4. The van der Waals surface area contributed by atoms with Gasteiger partial charge in [-0.05, 0) is 0 Å². The van der Waals surface area contributed by atoms with Crippen molar-refractivity contribution in [1.29, 1.82) is 0 Å². The Bertz CT molecular complexity index is 1810. The van der Waals surface area contributed by atoms with Crippen molar-refractivity contribution < 1.29 is 114 Å². The van der Waals surface area contributed by atoms with E-state index in [0.29, 0.717) is 0 Å². The molecule has 3 aliphatic heterocycles. The minimum Gasteiger partial charge on any atom is -0.571 e. The SMILES string of the molecule is O=C(O)CC(=O)OCC1OC(OC2=CC(O)=CC3[OH+]C(c4cc(O)c(O)c(O)c4)=C(OC4OC(COC(=O)CC(=O)O)C(O)C(O)C4O)C=C23)C(O)C(O)C1O. The van der Waals surface area contributed by atoms with Gasteiger partial charge in [0.15, 0.2) is 17.2 Å². The molecule has 23 nitrogen and oxygen atoms in total. The first-order valence-corrected chi connectivity index (χ1v) is 16.4. The molecule has 0 spiro atoms. The number of carboxylic acids is 2. The maximum absolute atomic E-state index is 11.8. The van der Waals surface area contributed by atoms with Crippen molar-refractivity contribution in [2.75, 3.05) is 13.2 Å². The number of ether oxygens (including phenoxy) is 7. The number of aliphatic hydroxyl groups is 9. The van der Waals surface area contributed by atoms with Gasteiger partial charge in [0.2, 0.25) is 24.4 Å². The number of esters is 2. The van der Waals surface area contributed by atoms with Crippen LogP contribution in [0.25, 0.3) is 5.76 Å². The number of rotatable bonds is 13. The van der Waals surface area contributed by atoms with E-state index in [2.05, 4.69) is 4.74 Å². The van der Waals surface area contributed by atoms with Crippen molar-refractivity contribution in [3.05, 3.63) is 58.8 Å². The van der Waals surface area contributed by atoms with E-state index in [4.69, 9.17) is 38.6 Å². The van der Waals surface area contributed by atoms with Crippen LogP contribution in [0.15, 0.2) is 53.2 Å². The molecule has 0 amide bonds. The lowest BCUT2D eigenvalue weighted by molar-refractivity contribution is -0.292. The van der Waals surface area contributed by atoms with Crippen LogP contribution in [0.5, 0.6) is 17.2 Å². The van der Waals surface area contributed by atoms with E-state index in [-0.39, 0.29) is 22.7 Å². The number of hydrogen-bond acceptors (Lipinski definition) is 20. The average Bonchev–Trinajstić information content (AvgIpc) is 3.12. The molecule has 11 unspecified atom stereocenters. The van der Waals surface area contributed by atoms with Crippen molar-refractivity contribution in [3.8, 4) is 17.2 Å². The highest BCUT2D eigenvalue weighted by Gasteiger charge is 2.49. The minimum absolute atomic E-state index is 0.0281. The standard InChI is InChI=1S/C33H36O23/c34-11-3-15-12(16(4-11)53-32-29(48)27(46)25(44)18(55-32)8-50-22(41)6-20(37)38)5-17(31(52-15)10-1-13(35)24(43)14(36)2-10)54-33-30(49)28(47)26(45)19(56-33)9-51-23(42)7-21(39)40/h1-5,15,18-19,25-30,32-36,43-49H,6-9H2,(H,37,38)(H,39,40)/p+1. The Kier molecular flexibility index (Phi) is 12.6. The van der Waals surface area contributed by atoms with Gasteiger partial charge < -0.3 is 94.4 Å². The van der Waals surface area contributed by atoms with Crippen LogP contribution in [0, 0.1) is 0 Å². The van der Waals surface area contributed by atoms with Crippen molar-refractivity contribution in [2.24, 2.45) is 0 Å². The monoisotopic (exact) mass is 801 g/mol. The Morgan fingerprint density at radius 3 is 1.62 bits per heavy atom. The van der Waals surface area contributed by atoms with Crippen LogP contribution >= 0.6 is 0 Å². The van der Waals surface area contributed by atoms with Crippen LogP contribution in [0.4, 0.5) is 0 Å². The quantitative estimate of drug-likeness (QED) is 0.0396. The number of aromatic hydroxyl groups is 3. The molecule has 5 rings (SSSR count).